The molecule has 126 valence electrons. The molecule has 0 aromatic heterocycles. The van der Waals surface area contributed by atoms with Crippen molar-refractivity contribution in [3.63, 3.8) is 0 Å². The predicted molar refractivity (Wildman–Crippen MR) is 95.4 cm³/mol. The number of ether oxygens (including phenoxy) is 1. The lowest BCUT2D eigenvalue weighted by Crippen LogP contribution is -2.33. The molecule has 2 atom stereocenters. The molecule has 4 nitrogen and oxygen atoms in total. The van der Waals surface area contributed by atoms with Crippen molar-refractivity contribution in [2.45, 2.75) is 32.4 Å². The topological polar surface area (TPSA) is 58.6 Å². The van der Waals surface area contributed by atoms with Crippen LogP contribution in [0.3, 0.4) is 0 Å². The second kappa shape index (κ2) is 6.54. The molecule has 0 bridgehead atoms. The van der Waals surface area contributed by atoms with E-state index in [4.69, 9.17) is 33.0 Å². The summed E-state index contributed by atoms with van der Waals surface area (Å²) in [4.78, 5) is 11.0. The Labute approximate surface area is 150 Å². The normalized spacial score (nSPS) is 19.3. The maximum Gasteiger partial charge on any atom is 0.507 e. The van der Waals surface area contributed by atoms with Crippen molar-refractivity contribution in [3.05, 3.63) is 62.6 Å². The van der Waals surface area contributed by atoms with Crippen molar-refractivity contribution in [1.82, 2.24) is 0 Å². The zero-order chi connectivity index (χ0) is 17.4. The maximum absolute atomic E-state index is 11.0. The van der Waals surface area contributed by atoms with Gasteiger partial charge in [-0.2, -0.15) is 0 Å². The Bertz CT molecular complexity index is 787. The number of aryl methyl sites for hydroxylation is 2. The Hall–Kier alpha value is -1.91. The van der Waals surface area contributed by atoms with Crippen LogP contribution in [-0.4, -0.2) is 17.5 Å². The van der Waals surface area contributed by atoms with Crippen molar-refractivity contribution in [1.29, 1.82) is 0 Å². The fourth-order valence-electron chi connectivity index (χ4n) is 3.34. The van der Waals surface area contributed by atoms with Gasteiger partial charge < -0.3 is 15.2 Å². The monoisotopic (exact) mass is 365 g/mol. The highest BCUT2D eigenvalue weighted by atomic mass is 35.5. The molecule has 0 saturated heterocycles. The lowest BCUT2D eigenvalue weighted by molar-refractivity contribution is 0.0562. The highest BCUT2D eigenvalue weighted by molar-refractivity contribution is 6.35. The summed E-state index contributed by atoms with van der Waals surface area (Å²) in [5, 5.41) is 13.1. The molecule has 0 saturated carbocycles. The van der Waals surface area contributed by atoms with E-state index in [1.165, 1.54) is 0 Å². The van der Waals surface area contributed by atoms with Crippen LogP contribution in [0, 0.1) is 13.8 Å². The molecular formula is C18H17Cl2NO3. The quantitative estimate of drug-likeness (QED) is 0.682. The molecular weight excluding hydrogens is 349 g/mol. The van der Waals surface area contributed by atoms with Crippen LogP contribution < -0.4 is 5.32 Å². The van der Waals surface area contributed by atoms with Crippen molar-refractivity contribution in [2.24, 2.45) is 0 Å². The Balaban J connectivity index is 2.11. The molecule has 1 aliphatic rings. The minimum atomic E-state index is -1.32. The Kier molecular flexibility index (Phi) is 4.61. The zero-order valence-electron chi connectivity index (χ0n) is 13.3. The molecule has 24 heavy (non-hydrogen) atoms. The van der Waals surface area contributed by atoms with E-state index in [9.17, 15) is 4.79 Å². The molecule has 0 fully saturated rings. The van der Waals surface area contributed by atoms with Gasteiger partial charge in [0.1, 0.15) is 0 Å². The average Bonchev–Trinajstić information content (AvgIpc) is 2.43. The van der Waals surface area contributed by atoms with Crippen molar-refractivity contribution < 1.29 is 14.6 Å². The van der Waals surface area contributed by atoms with E-state index in [1.54, 1.807) is 12.1 Å². The second-order valence-electron chi connectivity index (χ2n) is 6.07. The van der Waals surface area contributed by atoms with Crippen LogP contribution in [0.5, 0.6) is 0 Å². The van der Waals surface area contributed by atoms with E-state index in [0.29, 0.717) is 22.2 Å². The van der Waals surface area contributed by atoms with Gasteiger partial charge in [-0.1, -0.05) is 52.5 Å². The number of nitrogens with one attached hydrogen (secondary N) is 1. The molecule has 0 spiro atoms. The van der Waals surface area contributed by atoms with Gasteiger partial charge in [0, 0.05) is 33.6 Å². The van der Waals surface area contributed by atoms with Crippen molar-refractivity contribution in [3.8, 4) is 0 Å². The van der Waals surface area contributed by atoms with Gasteiger partial charge in [0.15, 0.2) is 6.23 Å². The number of fused-ring (bicyclic) bond motifs is 1. The predicted octanol–water partition coefficient (Wildman–Crippen LogP) is 5.58. The fourth-order valence-corrected chi connectivity index (χ4v) is 3.96. The molecule has 0 radical (unpaired) electrons. The number of rotatable bonds is 2. The van der Waals surface area contributed by atoms with Crippen LogP contribution >= 0.6 is 23.2 Å². The molecule has 6 heteroatoms. The first-order chi connectivity index (χ1) is 11.3. The van der Waals surface area contributed by atoms with Gasteiger partial charge in [0.25, 0.3) is 0 Å². The summed E-state index contributed by atoms with van der Waals surface area (Å²) in [7, 11) is 0. The van der Waals surface area contributed by atoms with Crippen molar-refractivity contribution >= 4 is 35.0 Å². The summed E-state index contributed by atoms with van der Waals surface area (Å²) in [6.45, 7) is 4.07. The maximum atomic E-state index is 11.0. The van der Waals surface area contributed by atoms with Crippen LogP contribution in [0.2, 0.25) is 10.0 Å². The molecule has 2 aromatic rings. The number of hydrogen-bond acceptors (Lipinski definition) is 3. The summed E-state index contributed by atoms with van der Waals surface area (Å²) in [5.74, 6) is -0.0750. The van der Waals surface area contributed by atoms with Gasteiger partial charge in [-0.15, -0.1) is 0 Å². The standard InChI is InChI=1S/C18H17Cl2NO3/c1-9-3-10(2)5-11(4-9)13-8-16(24-18(22)23)21-15-7-12(19)6-14(20)17(13)15/h3-7,13,16,21H,8H2,1-2H3,(H,22,23). The minimum Gasteiger partial charge on any atom is -0.450 e. The highest BCUT2D eigenvalue weighted by Crippen LogP contribution is 2.44. The lowest BCUT2D eigenvalue weighted by atomic mass is 9.83. The minimum absolute atomic E-state index is 0.0750. The molecule has 0 amide bonds. The Morgan fingerprint density at radius 2 is 1.83 bits per heavy atom. The third-order valence-corrected chi connectivity index (χ3v) is 4.63. The van der Waals surface area contributed by atoms with Gasteiger partial charge in [-0.3, -0.25) is 0 Å². The summed E-state index contributed by atoms with van der Waals surface area (Å²) in [6, 6.07) is 9.73. The molecule has 2 unspecified atom stereocenters. The number of carboxylic acid groups (broad SMARTS) is 1. The lowest BCUT2D eigenvalue weighted by Gasteiger charge is -2.33. The van der Waals surface area contributed by atoms with Crippen molar-refractivity contribution in [2.75, 3.05) is 5.32 Å². The van der Waals surface area contributed by atoms with Crippen LogP contribution in [0.4, 0.5) is 10.5 Å². The summed E-state index contributed by atoms with van der Waals surface area (Å²) in [5.41, 5.74) is 4.99. The van der Waals surface area contributed by atoms with E-state index in [0.717, 1.165) is 22.3 Å². The SMILES string of the molecule is Cc1cc(C)cc(C2CC(OC(=O)O)Nc3cc(Cl)cc(Cl)c32)c1. The molecule has 1 heterocycles. The molecule has 0 aliphatic carbocycles. The number of hydrogen-bond donors (Lipinski definition) is 2. The van der Waals surface area contributed by atoms with Gasteiger partial charge in [0.05, 0.1) is 0 Å². The third-order valence-electron chi connectivity index (χ3n) is 4.10. The Morgan fingerprint density at radius 1 is 1.17 bits per heavy atom. The smallest absolute Gasteiger partial charge is 0.450 e. The first-order valence-corrected chi connectivity index (χ1v) is 8.32. The summed E-state index contributed by atoms with van der Waals surface area (Å²) < 4.78 is 4.96. The van der Waals surface area contributed by atoms with E-state index >= 15 is 0 Å². The first-order valence-electron chi connectivity index (χ1n) is 7.56. The van der Waals surface area contributed by atoms with Gasteiger partial charge in [-0.25, -0.2) is 4.79 Å². The fraction of sp³-hybridized carbons (Fsp3) is 0.278. The second-order valence-corrected chi connectivity index (χ2v) is 6.92. The Morgan fingerprint density at radius 3 is 2.46 bits per heavy atom. The highest BCUT2D eigenvalue weighted by Gasteiger charge is 2.32. The first kappa shape index (κ1) is 16.9. The van der Waals surface area contributed by atoms with Crippen LogP contribution in [0.25, 0.3) is 0 Å². The number of anilines is 1. The summed E-state index contributed by atoms with van der Waals surface area (Å²) >= 11 is 12.5. The number of carbonyl (C=O) groups is 1. The van der Waals surface area contributed by atoms with Gasteiger partial charge >= 0.3 is 6.16 Å². The third kappa shape index (κ3) is 3.45. The molecule has 2 aromatic carbocycles. The van der Waals surface area contributed by atoms with Gasteiger partial charge in [-0.05, 0) is 31.5 Å². The molecule has 3 rings (SSSR count). The van der Waals surface area contributed by atoms with E-state index < -0.39 is 12.4 Å². The molecule has 2 N–H and O–H groups in total. The summed E-state index contributed by atoms with van der Waals surface area (Å²) in [6.07, 6.45) is -1.51. The largest absolute Gasteiger partial charge is 0.507 e. The van der Waals surface area contributed by atoms with Gasteiger partial charge in [0.2, 0.25) is 0 Å². The number of halogens is 2. The zero-order valence-corrected chi connectivity index (χ0v) is 14.8. The van der Waals surface area contributed by atoms with Crippen LogP contribution in [0.1, 0.15) is 34.6 Å². The van der Waals surface area contributed by atoms with E-state index in [1.807, 2.05) is 13.8 Å². The van der Waals surface area contributed by atoms with E-state index in [-0.39, 0.29) is 5.92 Å². The van der Waals surface area contributed by atoms with E-state index in [2.05, 4.69) is 23.5 Å². The molecule has 1 aliphatic heterocycles. The number of benzene rings is 2. The van der Waals surface area contributed by atoms with Crippen LogP contribution in [-0.2, 0) is 4.74 Å². The average molecular weight is 366 g/mol. The van der Waals surface area contributed by atoms with Crippen LogP contribution in [0.15, 0.2) is 30.3 Å².